The molecule has 0 aliphatic rings. The number of hydrogen-bond donors (Lipinski definition) is 1. The molecule has 3 aromatic heterocycles. The van der Waals surface area contributed by atoms with Crippen LogP contribution in [0.15, 0.2) is 50.2 Å². The van der Waals surface area contributed by atoms with Crippen LogP contribution >= 0.6 is 27.7 Å². The van der Waals surface area contributed by atoms with Crippen molar-refractivity contribution in [2.75, 3.05) is 0 Å². The summed E-state index contributed by atoms with van der Waals surface area (Å²) >= 11 is 4.48. The molecule has 90 valence electrons. The van der Waals surface area contributed by atoms with Crippen molar-refractivity contribution in [1.82, 2.24) is 24.6 Å². The van der Waals surface area contributed by atoms with Crippen molar-refractivity contribution in [1.29, 1.82) is 0 Å². The van der Waals surface area contributed by atoms with Gasteiger partial charge in [-0.25, -0.2) is 4.98 Å². The van der Waals surface area contributed by atoms with Crippen molar-refractivity contribution in [3.05, 3.63) is 45.5 Å². The summed E-state index contributed by atoms with van der Waals surface area (Å²) in [6.07, 6.45) is 3.22. The van der Waals surface area contributed by atoms with Gasteiger partial charge in [0.15, 0.2) is 5.65 Å². The number of halogens is 1. The Hall–Kier alpha value is -1.67. The molecule has 0 saturated heterocycles. The molecule has 0 aliphatic heterocycles. The first-order valence-electron chi connectivity index (χ1n) is 4.96. The fraction of sp³-hybridized carbons (Fsp3) is 0. The van der Waals surface area contributed by atoms with Crippen molar-refractivity contribution in [3.8, 4) is 0 Å². The number of aromatic nitrogens is 5. The van der Waals surface area contributed by atoms with Gasteiger partial charge in [0.1, 0.15) is 9.50 Å². The number of rotatable bonds is 2. The summed E-state index contributed by atoms with van der Waals surface area (Å²) in [7, 11) is 0. The van der Waals surface area contributed by atoms with Gasteiger partial charge in [0.05, 0.1) is 6.33 Å². The SMILES string of the molecule is O=c1[nH]cnc(Sc2nnc3ccccn23)c1Br. The Morgan fingerprint density at radius 2 is 2.22 bits per heavy atom. The largest absolute Gasteiger partial charge is 0.312 e. The summed E-state index contributed by atoms with van der Waals surface area (Å²) in [5.41, 5.74) is 0.530. The van der Waals surface area contributed by atoms with E-state index in [-0.39, 0.29) is 5.56 Å². The average molecular weight is 324 g/mol. The molecule has 0 unspecified atom stereocenters. The first-order chi connectivity index (χ1) is 8.75. The minimum atomic E-state index is -0.221. The van der Waals surface area contributed by atoms with Crippen LogP contribution < -0.4 is 5.56 Å². The highest BCUT2D eigenvalue weighted by Gasteiger charge is 2.11. The van der Waals surface area contributed by atoms with Gasteiger partial charge < -0.3 is 4.98 Å². The highest BCUT2D eigenvalue weighted by molar-refractivity contribution is 9.10. The maximum Gasteiger partial charge on any atom is 0.266 e. The van der Waals surface area contributed by atoms with Gasteiger partial charge in [-0.15, -0.1) is 10.2 Å². The van der Waals surface area contributed by atoms with Gasteiger partial charge in [-0.05, 0) is 39.8 Å². The maximum absolute atomic E-state index is 11.4. The molecule has 6 nitrogen and oxygen atoms in total. The molecular formula is C10H6BrN5OS. The summed E-state index contributed by atoms with van der Waals surface area (Å²) in [6.45, 7) is 0. The standard InChI is InChI=1S/C10H6BrN5OS/c11-7-8(17)12-5-13-9(7)18-10-15-14-6-3-1-2-4-16(6)10/h1-5H,(H,12,13,17). The monoisotopic (exact) mass is 323 g/mol. The Morgan fingerprint density at radius 1 is 1.33 bits per heavy atom. The van der Waals surface area contributed by atoms with Crippen LogP contribution in [-0.4, -0.2) is 24.6 Å². The molecule has 0 radical (unpaired) electrons. The van der Waals surface area contributed by atoms with E-state index in [0.29, 0.717) is 14.7 Å². The Kier molecular flexibility index (Phi) is 2.88. The third-order valence-electron chi connectivity index (χ3n) is 2.23. The van der Waals surface area contributed by atoms with Crippen molar-refractivity contribution in [2.45, 2.75) is 10.2 Å². The Balaban J connectivity index is 2.07. The molecule has 3 rings (SSSR count). The van der Waals surface area contributed by atoms with Crippen LogP contribution in [0, 0.1) is 0 Å². The Bertz CT molecular complexity index is 768. The zero-order valence-electron chi connectivity index (χ0n) is 8.87. The zero-order chi connectivity index (χ0) is 12.5. The molecule has 0 spiro atoms. The van der Waals surface area contributed by atoms with E-state index < -0.39 is 0 Å². The number of H-pyrrole nitrogens is 1. The second kappa shape index (κ2) is 4.54. The summed E-state index contributed by atoms with van der Waals surface area (Å²) in [4.78, 5) is 18.0. The predicted molar refractivity (Wildman–Crippen MR) is 69.7 cm³/mol. The second-order valence-electron chi connectivity index (χ2n) is 3.36. The number of aromatic amines is 1. The van der Waals surface area contributed by atoms with Gasteiger partial charge in [0.2, 0.25) is 5.16 Å². The molecule has 3 heterocycles. The fourth-order valence-corrected chi connectivity index (χ4v) is 2.67. The summed E-state index contributed by atoms with van der Waals surface area (Å²) in [5.74, 6) is 0. The number of nitrogens with one attached hydrogen (secondary N) is 1. The second-order valence-corrected chi connectivity index (χ2v) is 5.11. The number of hydrogen-bond acceptors (Lipinski definition) is 5. The van der Waals surface area contributed by atoms with Crippen molar-refractivity contribution in [2.24, 2.45) is 0 Å². The van der Waals surface area contributed by atoms with Crippen molar-refractivity contribution >= 4 is 33.3 Å². The first-order valence-corrected chi connectivity index (χ1v) is 6.57. The van der Waals surface area contributed by atoms with Crippen molar-refractivity contribution < 1.29 is 0 Å². The minimum absolute atomic E-state index is 0.221. The van der Waals surface area contributed by atoms with E-state index in [2.05, 4.69) is 36.1 Å². The van der Waals surface area contributed by atoms with Crippen molar-refractivity contribution in [3.63, 3.8) is 0 Å². The number of nitrogens with zero attached hydrogens (tertiary/aromatic N) is 4. The highest BCUT2D eigenvalue weighted by Crippen LogP contribution is 2.28. The maximum atomic E-state index is 11.4. The van der Waals surface area contributed by atoms with Crippen LogP contribution in [0.1, 0.15) is 0 Å². The Labute approximate surface area is 114 Å². The molecule has 0 saturated carbocycles. The topological polar surface area (TPSA) is 75.9 Å². The average Bonchev–Trinajstić information content (AvgIpc) is 2.79. The van der Waals surface area contributed by atoms with Gasteiger partial charge >= 0.3 is 0 Å². The normalized spacial score (nSPS) is 10.9. The van der Waals surface area contributed by atoms with E-state index in [0.717, 1.165) is 5.65 Å². The molecule has 0 atom stereocenters. The van der Waals surface area contributed by atoms with Gasteiger partial charge in [0.25, 0.3) is 5.56 Å². The van der Waals surface area contributed by atoms with E-state index in [1.165, 1.54) is 18.1 Å². The smallest absolute Gasteiger partial charge is 0.266 e. The third kappa shape index (κ3) is 1.93. The van der Waals surface area contributed by atoms with E-state index >= 15 is 0 Å². The van der Waals surface area contributed by atoms with Gasteiger partial charge in [-0.1, -0.05) is 6.07 Å². The van der Waals surface area contributed by atoms with E-state index in [4.69, 9.17) is 0 Å². The van der Waals surface area contributed by atoms with Crippen LogP contribution in [0.3, 0.4) is 0 Å². The molecule has 1 N–H and O–H groups in total. The molecule has 3 aromatic rings. The molecule has 0 bridgehead atoms. The summed E-state index contributed by atoms with van der Waals surface area (Å²) < 4.78 is 2.22. The summed E-state index contributed by atoms with van der Waals surface area (Å²) in [6, 6.07) is 5.64. The molecule has 8 heteroatoms. The molecule has 18 heavy (non-hydrogen) atoms. The molecule has 0 fully saturated rings. The van der Waals surface area contributed by atoms with Gasteiger partial charge in [-0.3, -0.25) is 9.20 Å². The molecular weight excluding hydrogens is 318 g/mol. The van der Waals surface area contributed by atoms with Crippen LogP contribution in [-0.2, 0) is 0 Å². The lowest BCUT2D eigenvalue weighted by Crippen LogP contribution is -2.08. The zero-order valence-corrected chi connectivity index (χ0v) is 11.3. The fourth-order valence-electron chi connectivity index (χ4n) is 1.41. The third-order valence-corrected chi connectivity index (χ3v) is 4.20. The van der Waals surface area contributed by atoms with E-state index in [9.17, 15) is 4.79 Å². The van der Waals surface area contributed by atoms with Crippen LogP contribution in [0.5, 0.6) is 0 Å². The van der Waals surface area contributed by atoms with Crippen LogP contribution in [0.25, 0.3) is 5.65 Å². The molecule has 0 amide bonds. The lowest BCUT2D eigenvalue weighted by molar-refractivity contribution is 0.909. The van der Waals surface area contributed by atoms with Crippen LogP contribution in [0.2, 0.25) is 0 Å². The predicted octanol–water partition coefficient (Wildman–Crippen LogP) is 1.73. The molecule has 0 aliphatic carbocycles. The molecule has 0 aromatic carbocycles. The van der Waals surface area contributed by atoms with E-state index in [1.807, 2.05) is 28.8 Å². The lowest BCUT2D eigenvalue weighted by Gasteiger charge is -2.00. The van der Waals surface area contributed by atoms with Gasteiger partial charge in [-0.2, -0.15) is 0 Å². The Morgan fingerprint density at radius 3 is 3.11 bits per heavy atom. The first kappa shape index (κ1) is 11.4. The van der Waals surface area contributed by atoms with E-state index in [1.54, 1.807) is 0 Å². The quantitative estimate of drug-likeness (QED) is 0.727. The van der Waals surface area contributed by atoms with Crippen LogP contribution in [0.4, 0.5) is 0 Å². The lowest BCUT2D eigenvalue weighted by atomic mass is 10.5. The number of fused-ring (bicyclic) bond motifs is 1. The minimum Gasteiger partial charge on any atom is -0.312 e. The highest BCUT2D eigenvalue weighted by atomic mass is 79.9. The number of pyridine rings is 1. The summed E-state index contributed by atoms with van der Waals surface area (Å²) in [5, 5.41) is 9.30. The van der Waals surface area contributed by atoms with Gasteiger partial charge in [0, 0.05) is 6.20 Å².